The van der Waals surface area contributed by atoms with Gasteiger partial charge in [0, 0.05) is 16.1 Å². The van der Waals surface area contributed by atoms with Crippen molar-refractivity contribution >= 4 is 23.3 Å². The van der Waals surface area contributed by atoms with Gasteiger partial charge in [0.2, 0.25) is 5.82 Å². The lowest BCUT2D eigenvalue weighted by Crippen LogP contribution is -2.12. The number of benzene rings is 2. The summed E-state index contributed by atoms with van der Waals surface area (Å²) < 4.78 is 10.2. The second-order valence-corrected chi connectivity index (χ2v) is 5.32. The first-order valence-corrected chi connectivity index (χ1v) is 7.68. The van der Waals surface area contributed by atoms with Gasteiger partial charge in [0.05, 0.1) is 6.61 Å². The summed E-state index contributed by atoms with van der Waals surface area (Å²) in [7, 11) is 0. The molecule has 1 N–H and O–H groups in total. The number of carbonyl (C=O) groups is 1. The molecule has 1 amide bonds. The summed E-state index contributed by atoms with van der Waals surface area (Å²) >= 11 is 5.82. The van der Waals surface area contributed by atoms with Gasteiger partial charge in [-0.3, -0.25) is 4.79 Å². The Morgan fingerprint density at radius 2 is 1.83 bits per heavy atom. The third kappa shape index (κ3) is 3.55. The van der Waals surface area contributed by atoms with Gasteiger partial charge in [0.25, 0.3) is 5.91 Å². The molecule has 2 aromatic carbocycles. The van der Waals surface area contributed by atoms with E-state index < -0.39 is 0 Å². The first-order valence-electron chi connectivity index (χ1n) is 7.30. The molecule has 0 radical (unpaired) electrons. The standard InChI is InChI=1S/C17H14ClN3O3/c1-2-23-14-9-5-11(6-10-14)15-16(21-24-20-15)19-17(22)12-3-7-13(18)8-4-12/h3-10H,2H2,1H3,(H,19,21,22). The van der Waals surface area contributed by atoms with E-state index in [1.807, 2.05) is 31.2 Å². The van der Waals surface area contributed by atoms with E-state index in [1.54, 1.807) is 24.3 Å². The summed E-state index contributed by atoms with van der Waals surface area (Å²) in [6, 6.07) is 13.8. The van der Waals surface area contributed by atoms with Gasteiger partial charge in [-0.1, -0.05) is 11.6 Å². The van der Waals surface area contributed by atoms with Gasteiger partial charge in [-0.05, 0) is 65.8 Å². The normalized spacial score (nSPS) is 10.4. The van der Waals surface area contributed by atoms with Crippen LogP contribution in [0.3, 0.4) is 0 Å². The lowest BCUT2D eigenvalue weighted by atomic mass is 10.1. The minimum absolute atomic E-state index is 0.249. The van der Waals surface area contributed by atoms with Crippen molar-refractivity contribution in [2.75, 3.05) is 11.9 Å². The average molecular weight is 344 g/mol. The summed E-state index contributed by atoms with van der Waals surface area (Å²) in [6.07, 6.45) is 0. The van der Waals surface area contributed by atoms with Crippen molar-refractivity contribution in [3.05, 3.63) is 59.1 Å². The van der Waals surface area contributed by atoms with Gasteiger partial charge in [0.1, 0.15) is 5.75 Å². The number of amides is 1. The van der Waals surface area contributed by atoms with Crippen molar-refractivity contribution in [3.8, 4) is 17.0 Å². The SMILES string of the molecule is CCOc1ccc(-c2nonc2NC(=O)c2ccc(Cl)cc2)cc1. The van der Waals surface area contributed by atoms with Gasteiger partial charge in [-0.2, -0.15) is 0 Å². The Hall–Kier alpha value is -2.86. The highest BCUT2D eigenvalue weighted by Gasteiger charge is 2.16. The summed E-state index contributed by atoms with van der Waals surface area (Å²) in [5.41, 5.74) is 1.66. The van der Waals surface area contributed by atoms with Gasteiger partial charge < -0.3 is 10.1 Å². The number of rotatable bonds is 5. The molecule has 0 aliphatic carbocycles. The van der Waals surface area contributed by atoms with E-state index in [-0.39, 0.29) is 11.7 Å². The fourth-order valence-electron chi connectivity index (χ4n) is 2.12. The topological polar surface area (TPSA) is 77.2 Å². The van der Waals surface area contributed by atoms with Gasteiger partial charge in [-0.25, -0.2) is 4.63 Å². The van der Waals surface area contributed by atoms with Crippen molar-refractivity contribution in [1.82, 2.24) is 10.3 Å². The Bertz CT molecular complexity index is 829. The van der Waals surface area contributed by atoms with E-state index in [0.717, 1.165) is 11.3 Å². The second-order valence-electron chi connectivity index (χ2n) is 4.88. The molecule has 0 aliphatic heterocycles. The largest absolute Gasteiger partial charge is 0.494 e. The van der Waals surface area contributed by atoms with Crippen molar-refractivity contribution in [2.45, 2.75) is 6.92 Å². The van der Waals surface area contributed by atoms with Gasteiger partial charge in [0.15, 0.2) is 5.69 Å². The number of anilines is 1. The highest BCUT2D eigenvalue weighted by molar-refractivity contribution is 6.30. The van der Waals surface area contributed by atoms with Crippen molar-refractivity contribution in [1.29, 1.82) is 0 Å². The monoisotopic (exact) mass is 343 g/mol. The van der Waals surface area contributed by atoms with Crippen LogP contribution < -0.4 is 10.1 Å². The zero-order chi connectivity index (χ0) is 16.9. The molecule has 1 heterocycles. The van der Waals surface area contributed by atoms with E-state index in [0.29, 0.717) is 22.9 Å². The number of hydrogen-bond donors (Lipinski definition) is 1. The highest BCUT2D eigenvalue weighted by Crippen LogP contribution is 2.26. The number of nitrogens with zero attached hydrogens (tertiary/aromatic N) is 2. The van der Waals surface area contributed by atoms with Gasteiger partial charge >= 0.3 is 0 Å². The minimum atomic E-state index is -0.324. The first-order chi connectivity index (χ1) is 11.7. The van der Waals surface area contributed by atoms with E-state index >= 15 is 0 Å². The fourth-order valence-corrected chi connectivity index (χ4v) is 2.24. The molecule has 6 nitrogen and oxygen atoms in total. The molecule has 24 heavy (non-hydrogen) atoms. The molecule has 0 spiro atoms. The number of aromatic nitrogens is 2. The molecule has 0 saturated carbocycles. The molecular weight excluding hydrogens is 330 g/mol. The molecule has 0 aliphatic rings. The highest BCUT2D eigenvalue weighted by atomic mass is 35.5. The molecule has 0 fully saturated rings. The molecule has 7 heteroatoms. The van der Waals surface area contributed by atoms with Crippen LogP contribution in [0, 0.1) is 0 Å². The Morgan fingerprint density at radius 3 is 2.50 bits per heavy atom. The first kappa shape index (κ1) is 16.0. The van der Waals surface area contributed by atoms with E-state index in [9.17, 15) is 4.79 Å². The van der Waals surface area contributed by atoms with Crippen molar-refractivity contribution in [3.63, 3.8) is 0 Å². The predicted molar refractivity (Wildman–Crippen MR) is 90.3 cm³/mol. The molecule has 0 saturated heterocycles. The Morgan fingerprint density at radius 1 is 1.12 bits per heavy atom. The molecular formula is C17H14ClN3O3. The molecule has 122 valence electrons. The van der Waals surface area contributed by atoms with Crippen LogP contribution in [0.25, 0.3) is 11.3 Å². The smallest absolute Gasteiger partial charge is 0.256 e. The quantitative estimate of drug-likeness (QED) is 0.756. The predicted octanol–water partition coefficient (Wildman–Crippen LogP) is 4.04. The zero-order valence-corrected chi connectivity index (χ0v) is 13.6. The number of hydrogen-bond acceptors (Lipinski definition) is 5. The fraction of sp³-hybridized carbons (Fsp3) is 0.118. The number of halogens is 1. The van der Waals surface area contributed by atoms with Gasteiger partial charge in [-0.15, -0.1) is 0 Å². The van der Waals surface area contributed by atoms with Crippen LogP contribution in [0.15, 0.2) is 53.2 Å². The maximum Gasteiger partial charge on any atom is 0.256 e. The second kappa shape index (κ2) is 7.14. The Balaban J connectivity index is 1.80. The van der Waals surface area contributed by atoms with E-state index in [1.165, 1.54) is 0 Å². The maximum atomic E-state index is 12.3. The summed E-state index contributed by atoms with van der Waals surface area (Å²) in [5.74, 6) is 0.679. The van der Waals surface area contributed by atoms with Crippen molar-refractivity contribution < 1.29 is 14.2 Å². The van der Waals surface area contributed by atoms with Crippen LogP contribution in [-0.2, 0) is 0 Å². The third-order valence-corrected chi connectivity index (χ3v) is 3.52. The summed E-state index contributed by atoms with van der Waals surface area (Å²) in [5, 5.41) is 10.9. The summed E-state index contributed by atoms with van der Waals surface area (Å²) in [6.45, 7) is 2.51. The Labute approximate surface area is 143 Å². The van der Waals surface area contributed by atoms with Crippen LogP contribution in [0.1, 0.15) is 17.3 Å². The van der Waals surface area contributed by atoms with E-state index in [4.69, 9.17) is 21.0 Å². The molecule has 3 aromatic rings. The molecule has 0 unspecified atom stereocenters. The third-order valence-electron chi connectivity index (χ3n) is 3.27. The van der Waals surface area contributed by atoms with Crippen LogP contribution >= 0.6 is 11.6 Å². The van der Waals surface area contributed by atoms with Crippen LogP contribution in [0.5, 0.6) is 5.75 Å². The zero-order valence-electron chi connectivity index (χ0n) is 12.8. The molecule has 0 atom stereocenters. The number of nitrogens with one attached hydrogen (secondary N) is 1. The minimum Gasteiger partial charge on any atom is -0.494 e. The van der Waals surface area contributed by atoms with Crippen molar-refractivity contribution in [2.24, 2.45) is 0 Å². The summed E-state index contributed by atoms with van der Waals surface area (Å²) in [4.78, 5) is 12.3. The molecule has 3 rings (SSSR count). The van der Waals surface area contributed by atoms with Crippen LogP contribution in [-0.4, -0.2) is 22.8 Å². The maximum absolute atomic E-state index is 12.3. The molecule has 1 aromatic heterocycles. The average Bonchev–Trinajstić information content (AvgIpc) is 3.04. The lowest BCUT2D eigenvalue weighted by molar-refractivity contribution is 0.102. The van der Waals surface area contributed by atoms with Crippen LogP contribution in [0.4, 0.5) is 5.82 Å². The number of ether oxygens (including phenoxy) is 1. The Kier molecular flexibility index (Phi) is 4.77. The molecule has 0 bridgehead atoms. The lowest BCUT2D eigenvalue weighted by Gasteiger charge is -2.05. The number of carbonyl (C=O) groups excluding carboxylic acids is 1. The van der Waals surface area contributed by atoms with E-state index in [2.05, 4.69) is 15.6 Å². The van der Waals surface area contributed by atoms with Crippen LogP contribution in [0.2, 0.25) is 5.02 Å².